The van der Waals surface area contributed by atoms with Crippen LogP contribution in [0.1, 0.15) is 35.6 Å². The molecule has 2 atom stereocenters. The van der Waals surface area contributed by atoms with Crippen LogP contribution in [0.4, 0.5) is 0 Å². The molecule has 27 heavy (non-hydrogen) atoms. The summed E-state index contributed by atoms with van der Waals surface area (Å²) in [4.78, 5) is 0. The number of rotatable bonds is 2. The predicted molar refractivity (Wildman–Crippen MR) is 102 cm³/mol. The molecule has 3 aromatic rings. The summed E-state index contributed by atoms with van der Waals surface area (Å²) in [7, 11) is 0. The molecule has 0 bridgehead atoms. The summed E-state index contributed by atoms with van der Waals surface area (Å²) in [6.07, 6.45) is 1.69. The third kappa shape index (κ3) is 2.74. The normalized spacial score (nSPS) is 20.7. The van der Waals surface area contributed by atoms with Gasteiger partial charge in [-0.05, 0) is 48.5 Å². The SMILES string of the molecule is Oc1ccc(Cl)cc1C1=NN2[C@H](C1)c1cc(Cl)ccc1O[C@@H]2c1ccco1. The quantitative estimate of drug-likeness (QED) is 0.613. The van der Waals surface area contributed by atoms with Crippen molar-refractivity contribution >= 4 is 28.9 Å². The first-order chi connectivity index (χ1) is 13.1. The lowest BCUT2D eigenvalue weighted by molar-refractivity contribution is -0.0325. The Hall–Kier alpha value is -2.63. The molecule has 2 aromatic carbocycles. The highest BCUT2D eigenvalue weighted by atomic mass is 35.5. The first kappa shape index (κ1) is 16.5. The van der Waals surface area contributed by atoms with Gasteiger partial charge in [-0.15, -0.1) is 0 Å². The van der Waals surface area contributed by atoms with Crippen molar-refractivity contribution in [3.63, 3.8) is 0 Å². The highest BCUT2D eigenvalue weighted by Crippen LogP contribution is 2.48. The van der Waals surface area contributed by atoms with Crippen LogP contribution in [0.2, 0.25) is 10.0 Å². The molecular formula is C20H14Cl2N2O3. The molecule has 1 aromatic heterocycles. The Bertz CT molecular complexity index is 1050. The van der Waals surface area contributed by atoms with E-state index in [0.29, 0.717) is 27.8 Å². The van der Waals surface area contributed by atoms with Crippen LogP contribution in [0.15, 0.2) is 64.3 Å². The predicted octanol–water partition coefficient (Wildman–Crippen LogP) is 5.53. The summed E-state index contributed by atoms with van der Waals surface area (Å²) < 4.78 is 11.7. The van der Waals surface area contributed by atoms with Crippen molar-refractivity contribution in [3.05, 3.63) is 81.7 Å². The van der Waals surface area contributed by atoms with E-state index in [1.54, 1.807) is 30.5 Å². The molecule has 7 heteroatoms. The minimum atomic E-state index is -0.502. The smallest absolute Gasteiger partial charge is 0.246 e. The molecule has 0 spiro atoms. The van der Waals surface area contributed by atoms with Gasteiger partial charge in [-0.3, -0.25) is 0 Å². The number of aromatic hydroxyl groups is 1. The van der Waals surface area contributed by atoms with E-state index in [4.69, 9.17) is 37.5 Å². The van der Waals surface area contributed by atoms with Crippen LogP contribution in [0.3, 0.4) is 0 Å². The fourth-order valence-electron chi connectivity index (χ4n) is 3.58. The number of benzene rings is 2. The fourth-order valence-corrected chi connectivity index (χ4v) is 3.93. The van der Waals surface area contributed by atoms with Crippen molar-refractivity contribution in [1.29, 1.82) is 0 Å². The number of halogens is 2. The zero-order valence-electron chi connectivity index (χ0n) is 14.0. The van der Waals surface area contributed by atoms with Crippen LogP contribution in [-0.2, 0) is 0 Å². The van der Waals surface area contributed by atoms with E-state index in [0.717, 1.165) is 17.0 Å². The van der Waals surface area contributed by atoms with Gasteiger partial charge in [0.2, 0.25) is 6.23 Å². The fraction of sp³-hybridized carbons (Fsp3) is 0.150. The van der Waals surface area contributed by atoms with Crippen molar-refractivity contribution in [1.82, 2.24) is 5.01 Å². The number of phenols is 1. The zero-order chi connectivity index (χ0) is 18.5. The Morgan fingerprint density at radius 2 is 1.89 bits per heavy atom. The molecule has 1 N–H and O–H groups in total. The monoisotopic (exact) mass is 400 g/mol. The molecule has 2 aliphatic rings. The maximum atomic E-state index is 10.3. The number of phenolic OH excluding ortho intramolecular Hbond substituents is 1. The highest BCUT2D eigenvalue weighted by molar-refractivity contribution is 6.31. The van der Waals surface area contributed by atoms with Crippen LogP contribution in [0.5, 0.6) is 11.5 Å². The van der Waals surface area contributed by atoms with Crippen LogP contribution in [0.25, 0.3) is 0 Å². The van der Waals surface area contributed by atoms with E-state index in [1.807, 2.05) is 29.3 Å². The molecule has 136 valence electrons. The molecule has 0 saturated carbocycles. The second-order valence-electron chi connectivity index (χ2n) is 6.48. The van der Waals surface area contributed by atoms with E-state index in [2.05, 4.69) is 0 Å². The van der Waals surface area contributed by atoms with Gasteiger partial charge < -0.3 is 14.3 Å². The number of fused-ring (bicyclic) bond motifs is 3. The lowest BCUT2D eigenvalue weighted by Gasteiger charge is -2.36. The van der Waals surface area contributed by atoms with E-state index < -0.39 is 6.23 Å². The number of hydrazone groups is 1. The van der Waals surface area contributed by atoms with Crippen LogP contribution in [-0.4, -0.2) is 15.8 Å². The van der Waals surface area contributed by atoms with Crippen LogP contribution >= 0.6 is 23.2 Å². The Kier molecular flexibility index (Phi) is 3.81. The first-order valence-corrected chi connectivity index (χ1v) is 9.20. The van der Waals surface area contributed by atoms with Gasteiger partial charge in [-0.1, -0.05) is 23.2 Å². The van der Waals surface area contributed by atoms with Crippen LogP contribution < -0.4 is 4.74 Å². The molecule has 0 amide bonds. The molecule has 3 heterocycles. The second-order valence-corrected chi connectivity index (χ2v) is 7.35. The van der Waals surface area contributed by atoms with Gasteiger partial charge in [-0.25, -0.2) is 5.01 Å². The summed E-state index contributed by atoms with van der Waals surface area (Å²) in [6, 6.07) is 14.1. The third-order valence-corrected chi connectivity index (χ3v) is 5.28. The van der Waals surface area contributed by atoms with E-state index in [1.165, 1.54) is 0 Å². The van der Waals surface area contributed by atoms with Crippen LogP contribution in [0, 0.1) is 0 Å². The summed E-state index contributed by atoms with van der Waals surface area (Å²) in [5, 5.41) is 18.1. The molecule has 0 aliphatic carbocycles. The largest absolute Gasteiger partial charge is 0.507 e. The van der Waals surface area contributed by atoms with Gasteiger partial charge in [0.15, 0.2) is 5.76 Å². The molecule has 5 rings (SSSR count). The standard InChI is InChI=1S/C20H14Cl2N2O3/c21-11-3-5-17(25)13(8-11)15-10-16-14-9-12(22)4-6-18(14)27-20(24(16)23-15)19-2-1-7-26-19/h1-9,16,20,25H,10H2/t16-,20-/m1/s1. The molecule has 0 saturated heterocycles. The topological polar surface area (TPSA) is 58.2 Å². The number of hydrogen-bond donors (Lipinski definition) is 1. The average Bonchev–Trinajstić information content (AvgIpc) is 3.33. The van der Waals surface area contributed by atoms with Crippen molar-refractivity contribution in [2.24, 2.45) is 5.10 Å². The highest BCUT2D eigenvalue weighted by Gasteiger charge is 2.42. The second kappa shape index (κ2) is 6.22. The van der Waals surface area contributed by atoms with E-state index in [9.17, 15) is 5.11 Å². The summed E-state index contributed by atoms with van der Waals surface area (Å²) >= 11 is 12.3. The molecule has 0 radical (unpaired) electrons. The number of nitrogens with zero attached hydrogens (tertiary/aromatic N) is 2. The molecule has 0 unspecified atom stereocenters. The van der Waals surface area contributed by atoms with Crippen molar-refractivity contribution < 1.29 is 14.3 Å². The van der Waals surface area contributed by atoms with E-state index in [-0.39, 0.29) is 11.8 Å². The van der Waals surface area contributed by atoms with Gasteiger partial charge in [0.25, 0.3) is 0 Å². The van der Waals surface area contributed by atoms with Gasteiger partial charge in [0.1, 0.15) is 11.5 Å². The maximum absolute atomic E-state index is 10.3. The summed E-state index contributed by atoms with van der Waals surface area (Å²) in [6.45, 7) is 0. The maximum Gasteiger partial charge on any atom is 0.246 e. The van der Waals surface area contributed by atoms with Crippen molar-refractivity contribution in [2.75, 3.05) is 0 Å². The van der Waals surface area contributed by atoms with Gasteiger partial charge in [0, 0.05) is 27.6 Å². The van der Waals surface area contributed by atoms with Gasteiger partial charge >= 0.3 is 0 Å². The molecule has 0 fully saturated rings. The number of hydrogen-bond acceptors (Lipinski definition) is 5. The lowest BCUT2D eigenvalue weighted by atomic mass is 9.96. The minimum Gasteiger partial charge on any atom is -0.507 e. The Morgan fingerprint density at radius 1 is 1.07 bits per heavy atom. The number of ether oxygens (including phenoxy) is 1. The molecule has 2 aliphatic heterocycles. The first-order valence-electron chi connectivity index (χ1n) is 8.44. The Labute approximate surface area is 165 Å². The lowest BCUT2D eigenvalue weighted by Crippen LogP contribution is -2.33. The third-order valence-electron chi connectivity index (χ3n) is 4.81. The number of furan rings is 1. The van der Waals surface area contributed by atoms with Crippen molar-refractivity contribution in [3.8, 4) is 11.5 Å². The van der Waals surface area contributed by atoms with Gasteiger partial charge in [0.05, 0.1) is 18.0 Å². The Morgan fingerprint density at radius 3 is 2.70 bits per heavy atom. The summed E-state index contributed by atoms with van der Waals surface area (Å²) in [5.74, 6) is 1.54. The molecular weight excluding hydrogens is 387 g/mol. The van der Waals surface area contributed by atoms with Gasteiger partial charge in [-0.2, -0.15) is 5.10 Å². The van der Waals surface area contributed by atoms with E-state index >= 15 is 0 Å². The zero-order valence-corrected chi connectivity index (χ0v) is 15.5. The van der Waals surface area contributed by atoms with Crippen molar-refractivity contribution in [2.45, 2.75) is 18.7 Å². The summed E-state index contributed by atoms with van der Waals surface area (Å²) in [5.41, 5.74) is 2.29. The minimum absolute atomic E-state index is 0.0871. The average molecular weight is 401 g/mol. The molecule has 5 nitrogen and oxygen atoms in total. The Balaban J connectivity index is 1.63.